The molecule has 0 saturated heterocycles. The molecule has 19 heavy (non-hydrogen) atoms. The summed E-state index contributed by atoms with van der Waals surface area (Å²) in [6.07, 6.45) is 1.02. The summed E-state index contributed by atoms with van der Waals surface area (Å²) in [5, 5.41) is 4.44. The molecule has 0 bridgehead atoms. The van der Waals surface area contributed by atoms with Crippen LogP contribution in [0.15, 0.2) is 22.7 Å². The fraction of sp³-hybridized carbons (Fsp3) is 0.357. The highest BCUT2D eigenvalue weighted by Gasteiger charge is 2.23. The van der Waals surface area contributed by atoms with Crippen LogP contribution in [0, 0.1) is 6.92 Å². The molecular weight excluding hydrogens is 304 g/mol. The van der Waals surface area contributed by atoms with Crippen LogP contribution in [0.5, 0.6) is 0 Å². The van der Waals surface area contributed by atoms with Crippen molar-refractivity contribution >= 4 is 27.3 Å². The van der Waals surface area contributed by atoms with Gasteiger partial charge in [0.25, 0.3) is 0 Å². The van der Waals surface area contributed by atoms with Crippen LogP contribution in [0.2, 0.25) is 0 Å². The second kappa shape index (κ2) is 4.56. The van der Waals surface area contributed by atoms with Crippen molar-refractivity contribution in [3.05, 3.63) is 39.6 Å². The standard InChI is InChI=1S/C14H17BrN4/c1-9-14(15)13(18(2)17-9)8-19-7-6-10-11(16)4-3-5-12(10)19/h3-5H,6-8,16H2,1-2H3. The van der Waals surface area contributed by atoms with E-state index < -0.39 is 0 Å². The van der Waals surface area contributed by atoms with Gasteiger partial charge < -0.3 is 10.6 Å². The Kier molecular flexibility index (Phi) is 3.01. The Morgan fingerprint density at radius 2 is 2.21 bits per heavy atom. The van der Waals surface area contributed by atoms with E-state index >= 15 is 0 Å². The summed E-state index contributed by atoms with van der Waals surface area (Å²) in [6.45, 7) is 3.89. The second-order valence-corrected chi connectivity index (χ2v) is 5.78. The number of nitrogens with zero attached hydrogens (tertiary/aromatic N) is 3. The fourth-order valence-corrected chi connectivity index (χ4v) is 3.19. The van der Waals surface area contributed by atoms with Crippen LogP contribution in [0.3, 0.4) is 0 Å². The lowest BCUT2D eigenvalue weighted by Crippen LogP contribution is -2.21. The maximum Gasteiger partial charge on any atom is 0.0739 e. The zero-order valence-electron chi connectivity index (χ0n) is 11.2. The van der Waals surface area contributed by atoms with E-state index in [-0.39, 0.29) is 0 Å². The van der Waals surface area contributed by atoms with Crippen LogP contribution in [0.25, 0.3) is 0 Å². The van der Waals surface area contributed by atoms with Gasteiger partial charge >= 0.3 is 0 Å². The molecule has 0 atom stereocenters. The summed E-state index contributed by atoms with van der Waals surface area (Å²) in [6, 6.07) is 6.15. The molecule has 0 unspecified atom stereocenters. The van der Waals surface area contributed by atoms with Crippen molar-refractivity contribution in [1.82, 2.24) is 9.78 Å². The Morgan fingerprint density at radius 3 is 2.89 bits per heavy atom. The molecule has 1 aromatic heterocycles. The van der Waals surface area contributed by atoms with Gasteiger partial charge in [-0.2, -0.15) is 5.10 Å². The zero-order chi connectivity index (χ0) is 13.6. The number of anilines is 2. The minimum Gasteiger partial charge on any atom is -0.398 e. The third-order valence-corrected chi connectivity index (χ3v) is 4.79. The van der Waals surface area contributed by atoms with Crippen molar-refractivity contribution in [2.24, 2.45) is 7.05 Å². The zero-order valence-corrected chi connectivity index (χ0v) is 12.7. The van der Waals surface area contributed by atoms with Gasteiger partial charge in [0.15, 0.2) is 0 Å². The molecule has 1 aliphatic rings. The van der Waals surface area contributed by atoms with Crippen LogP contribution in [0.1, 0.15) is 17.0 Å². The van der Waals surface area contributed by atoms with Crippen molar-refractivity contribution in [2.75, 3.05) is 17.2 Å². The van der Waals surface area contributed by atoms with E-state index in [0.717, 1.165) is 35.4 Å². The lowest BCUT2D eigenvalue weighted by Gasteiger charge is -2.20. The first-order valence-electron chi connectivity index (χ1n) is 6.38. The Hall–Kier alpha value is -1.49. The molecule has 1 aromatic carbocycles. The SMILES string of the molecule is Cc1nn(C)c(CN2CCc3c(N)cccc32)c1Br. The molecule has 0 fully saturated rings. The molecule has 0 aliphatic carbocycles. The third kappa shape index (κ3) is 2.02. The molecule has 2 N–H and O–H groups in total. The molecule has 5 heteroatoms. The minimum atomic E-state index is 0.856. The molecule has 100 valence electrons. The van der Waals surface area contributed by atoms with Gasteiger partial charge in [0.05, 0.1) is 22.4 Å². The fourth-order valence-electron chi connectivity index (χ4n) is 2.72. The van der Waals surface area contributed by atoms with E-state index in [1.54, 1.807) is 0 Å². The smallest absolute Gasteiger partial charge is 0.0739 e. The lowest BCUT2D eigenvalue weighted by molar-refractivity contribution is 0.682. The maximum absolute atomic E-state index is 6.04. The van der Waals surface area contributed by atoms with E-state index in [9.17, 15) is 0 Å². The van der Waals surface area contributed by atoms with Crippen LogP contribution in [-0.2, 0) is 20.0 Å². The Balaban J connectivity index is 1.93. The minimum absolute atomic E-state index is 0.856. The highest BCUT2D eigenvalue weighted by molar-refractivity contribution is 9.10. The lowest BCUT2D eigenvalue weighted by atomic mass is 10.1. The van der Waals surface area contributed by atoms with Crippen molar-refractivity contribution < 1.29 is 0 Å². The number of fused-ring (bicyclic) bond motifs is 1. The number of nitrogens with two attached hydrogens (primary N) is 1. The normalized spacial score (nSPS) is 13.9. The second-order valence-electron chi connectivity index (χ2n) is 4.99. The van der Waals surface area contributed by atoms with Gasteiger partial charge in [-0.1, -0.05) is 6.07 Å². The Bertz CT molecular complexity index is 633. The van der Waals surface area contributed by atoms with Gasteiger partial charge in [-0.3, -0.25) is 4.68 Å². The van der Waals surface area contributed by atoms with E-state index in [0.29, 0.717) is 0 Å². The summed E-state index contributed by atoms with van der Waals surface area (Å²) >= 11 is 3.63. The van der Waals surface area contributed by atoms with Gasteiger partial charge in [-0.05, 0) is 41.4 Å². The first-order valence-corrected chi connectivity index (χ1v) is 7.17. The number of hydrogen-bond acceptors (Lipinski definition) is 3. The largest absolute Gasteiger partial charge is 0.398 e. The summed E-state index contributed by atoms with van der Waals surface area (Å²) in [4.78, 5) is 2.37. The molecule has 0 saturated carbocycles. The van der Waals surface area contributed by atoms with E-state index in [1.165, 1.54) is 16.9 Å². The molecule has 1 aliphatic heterocycles. The molecular formula is C14H17BrN4. The van der Waals surface area contributed by atoms with Crippen molar-refractivity contribution in [1.29, 1.82) is 0 Å². The molecule has 2 aromatic rings. The number of nitrogen functional groups attached to an aromatic ring is 1. The van der Waals surface area contributed by atoms with Gasteiger partial charge in [-0.15, -0.1) is 0 Å². The van der Waals surface area contributed by atoms with Crippen LogP contribution in [0.4, 0.5) is 11.4 Å². The first kappa shape index (κ1) is 12.5. The summed E-state index contributed by atoms with van der Waals surface area (Å²) < 4.78 is 3.05. The maximum atomic E-state index is 6.04. The number of hydrogen-bond donors (Lipinski definition) is 1. The third-order valence-electron chi connectivity index (χ3n) is 3.76. The van der Waals surface area contributed by atoms with Crippen LogP contribution < -0.4 is 10.6 Å². The number of benzene rings is 1. The molecule has 3 rings (SSSR count). The summed E-state index contributed by atoms with van der Waals surface area (Å²) in [5.74, 6) is 0. The number of rotatable bonds is 2. The topological polar surface area (TPSA) is 47.1 Å². The first-order chi connectivity index (χ1) is 9.08. The summed E-state index contributed by atoms with van der Waals surface area (Å²) in [5.41, 5.74) is 11.7. The quantitative estimate of drug-likeness (QED) is 0.865. The highest BCUT2D eigenvalue weighted by atomic mass is 79.9. The number of aromatic nitrogens is 2. The van der Waals surface area contributed by atoms with Gasteiger partial charge in [0, 0.05) is 30.5 Å². The van der Waals surface area contributed by atoms with E-state index in [4.69, 9.17) is 5.73 Å². The number of aryl methyl sites for hydroxylation is 2. The average Bonchev–Trinajstić information content (AvgIpc) is 2.88. The van der Waals surface area contributed by atoms with Gasteiger partial charge in [0.2, 0.25) is 0 Å². The monoisotopic (exact) mass is 320 g/mol. The van der Waals surface area contributed by atoms with Crippen LogP contribution in [-0.4, -0.2) is 16.3 Å². The molecule has 0 spiro atoms. The summed E-state index contributed by atoms with van der Waals surface area (Å²) in [7, 11) is 1.99. The average molecular weight is 321 g/mol. The van der Waals surface area contributed by atoms with Gasteiger partial charge in [-0.25, -0.2) is 0 Å². The molecule has 0 radical (unpaired) electrons. The molecule has 4 nitrogen and oxygen atoms in total. The molecule has 0 amide bonds. The van der Waals surface area contributed by atoms with Crippen molar-refractivity contribution in [3.8, 4) is 0 Å². The Morgan fingerprint density at radius 1 is 1.42 bits per heavy atom. The highest BCUT2D eigenvalue weighted by Crippen LogP contribution is 2.34. The van der Waals surface area contributed by atoms with Crippen molar-refractivity contribution in [2.45, 2.75) is 19.9 Å². The van der Waals surface area contributed by atoms with Crippen LogP contribution >= 0.6 is 15.9 Å². The number of halogens is 1. The predicted molar refractivity (Wildman–Crippen MR) is 81.3 cm³/mol. The van der Waals surface area contributed by atoms with E-state index in [1.807, 2.05) is 30.8 Å². The van der Waals surface area contributed by atoms with Crippen molar-refractivity contribution in [3.63, 3.8) is 0 Å². The van der Waals surface area contributed by atoms with E-state index in [2.05, 4.69) is 32.0 Å². The Labute approximate surface area is 121 Å². The van der Waals surface area contributed by atoms with Gasteiger partial charge in [0.1, 0.15) is 0 Å². The molecule has 2 heterocycles. The predicted octanol–water partition coefficient (Wildman–Crippen LogP) is 2.64.